The number of aromatic nitrogens is 3. The molecule has 2 aromatic carbocycles. The highest BCUT2D eigenvalue weighted by Crippen LogP contribution is 2.51. The minimum atomic E-state index is -3.94. The molecule has 2 heterocycles. The molecule has 0 bridgehead atoms. The van der Waals surface area contributed by atoms with Crippen molar-refractivity contribution in [3.8, 4) is 5.69 Å². The van der Waals surface area contributed by atoms with E-state index in [2.05, 4.69) is 10.1 Å². The topological polar surface area (TPSA) is 85.2 Å². The van der Waals surface area contributed by atoms with E-state index in [0.717, 1.165) is 47.4 Å². The fourth-order valence-corrected chi connectivity index (χ4v) is 7.98. The molecule has 0 aliphatic heterocycles. The van der Waals surface area contributed by atoms with Crippen LogP contribution in [0.2, 0.25) is 0 Å². The van der Waals surface area contributed by atoms with E-state index in [9.17, 15) is 22.0 Å². The Morgan fingerprint density at radius 1 is 0.953 bits per heavy atom. The van der Waals surface area contributed by atoms with E-state index >= 15 is 0 Å². The quantitative estimate of drug-likeness (QED) is 0.239. The Morgan fingerprint density at radius 3 is 2.30 bits per heavy atom. The standard InChI is InChI=1S/C33H30F2N4O3S/c1-38(43(41,42)29-13-8-26(35)9-14-29)28-10-5-24-16-31-23(20-37-39(31)27-11-6-25(34)7-12-27)17-33(24,18-28)32(40)30-15-4-22(19-36-30)21-2-3-21/h4,6-9,11-16,19-21,28H,2-3,5,10,17-18H2,1H3/t28-,33-/m0/s1. The van der Waals surface area contributed by atoms with Crippen LogP contribution in [0.4, 0.5) is 8.78 Å². The maximum absolute atomic E-state index is 14.5. The van der Waals surface area contributed by atoms with Crippen LogP contribution in [0, 0.1) is 17.0 Å². The van der Waals surface area contributed by atoms with Gasteiger partial charge in [-0.2, -0.15) is 9.40 Å². The number of halogens is 2. The molecule has 0 N–H and O–H groups in total. The van der Waals surface area contributed by atoms with E-state index in [1.165, 1.54) is 35.6 Å². The van der Waals surface area contributed by atoms with Gasteiger partial charge in [-0.3, -0.25) is 9.78 Å². The van der Waals surface area contributed by atoms with Gasteiger partial charge in [0, 0.05) is 19.3 Å². The number of benzene rings is 2. The van der Waals surface area contributed by atoms with Gasteiger partial charge in [-0.05, 0) is 116 Å². The minimum Gasteiger partial charge on any atom is -0.291 e. The van der Waals surface area contributed by atoms with Crippen LogP contribution in [0.15, 0.2) is 83.5 Å². The Hall–Kier alpha value is -4.02. The van der Waals surface area contributed by atoms with Gasteiger partial charge in [-0.1, -0.05) is 11.6 Å². The number of pyridine rings is 1. The summed E-state index contributed by atoms with van der Waals surface area (Å²) in [6.45, 7) is 0. The summed E-state index contributed by atoms with van der Waals surface area (Å²) in [7, 11) is -2.41. The summed E-state index contributed by atoms with van der Waals surface area (Å²) < 4.78 is 57.4. The molecule has 10 heteroatoms. The summed E-state index contributed by atoms with van der Waals surface area (Å²) in [4.78, 5) is 19.1. The number of hydrogen-bond acceptors (Lipinski definition) is 5. The van der Waals surface area contributed by atoms with Crippen LogP contribution in [0.3, 0.4) is 0 Å². The molecular formula is C33H30F2N4O3S. The number of ketones is 1. The second-order valence-electron chi connectivity index (χ2n) is 11.8. The number of sulfonamides is 1. The van der Waals surface area contributed by atoms with Crippen LogP contribution in [0.5, 0.6) is 0 Å². The molecular weight excluding hydrogens is 570 g/mol. The van der Waals surface area contributed by atoms with Crippen molar-refractivity contribution < 1.29 is 22.0 Å². The van der Waals surface area contributed by atoms with Crippen LogP contribution in [0.25, 0.3) is 11.8 Å². The van der Waals surface area contributed by atoms with Crippen molar-refractivity contribution in [2.24, 2.45) is 5.41 Å². The third kappa shape index (κ3) is 4.82. The van der Waals surface area contributed by atoms with E-state index in [0.29, 0.717) is 36.6 Å². The number of Topliss-reactive ketones (excluding diaryl/α,β-unsaturated/α-hetero) is 1. The number of hydrogen-bond donors (Lipinski definition) is 0. The van der Waals surface area contributed by atoms with Crippen LogP contribution >= 0.6 is 0 Å². The van der Waals surface area contributed by atoms with Gasteiger partial charge in [-0.25, -0.2) is 21.9 Å². The van der Waals surface area contributed by atoms with Gasteiger partial charge in [0.25, 0.3) is 0 Å². The van der Waals surface area contributed by atoms with E-state index < -0.39 is 27.3 Å². The number of nitrogens with zero attached hydrogens (tertiary/aromatic N) is 4. The largest absolute Gasteiger partial charge is 0.291 e. The summed E-state index contributed by atoms with van der Waals surface area (Å²) in [6, 6.07) is 14.2. The zero-order chi connectivity index (χ0) is 29.9. The normalized spacial score (nSPS) is 21.7. The first-order chi connectivity index (χ1) is 20.7. The Labute approximate surface area is 248 Å². The molecule has 7 nitrogen and oxygen atoms in total. The first-order valence-electron chi connectivity index (χ1n) is 14.4. The predicted octanol–water partition coefficient (Wildman–Crippen LogP) is 6.10. The summed E-state index contributed by atoms with van der Waals surface area (Å²) in [5.74, 6) is -0.494. The van der Waals surface area contributed by atoms with Crippen LogP contribution in [-0.4, -0.2) is 46.4 Å². The van der Waals surface area contributed by atoms with Crippen molar-refractivity contribution >= 4 is 21.9 Å². The highest BCUT2D eigenvalue weighted by Gasteiger charge is 2.51. The molecule has 220 valence electrons. The Morgan fingerprint density at radius 2 is 1.65 bits per heavy atom. The van der Waals surface area contributed by atoms with Gasteiger partial charge in [-0.15, -0.1) is 0 Å². The van der Waals surface area contributed by atoms with Gasteiger partial charge in [0.1, 0.15) is 17.3 Å². The molecule has 43 heavy (non-hydrogen) atoms. The minimum absolute atomic E-state index is 0.00181. The number of carbonyl (C=O) groups is 1. The number of fused-ring (bicyclic) bond motifs is 2. The van der Waals surface area contributed by atoms with Crippen molar-refractivity contribution in [3.63, 3.8) is 0 Å². The second-order valence-corrected chi connectivity index (χ2v) is 13.8. The molecule has 3 aliphatic carbocycles. The average molecular weight is 601 g/mol. The number of allylic oxidation sites excluding steroid dienone is 1. The average Bonchev–Trinajstić information content (AvgIpc) is 3.80. The zero-order valence-electron chi connectivity index (χ0n) is 23.6. The summed E-state index contributed by atoms with van der Waals surface area (Å²) >= 11 is 0. The molecule has 0 amide bonds. The first-order valence-corrected chi connectivity index (χ1v) is 15.9. The van der Waals surface area contributed by atoms with Crippen LogP contribution < -0.4 is 0 Å². The van der Waals surface area contributed by atoms with E-state index in [-0.39, 0.29) is 22.9 Å². The van der Waals surface area contributed by atoms with Crippen molar-refractivity contribution in [2.45, 2.75) is 55.4 Å². The predicted molar refractivity (Wildman–Crippen MR) is 157 cm³/mol. The monoisotopic (exact) mass is 600 g/mol. The summed E-state index contributed by atoms with van der Waals surface area (Å²) in [5, 5.41) is 4.58. The lowest BCUT2D eigenvalue weighted by Gasteiger charge is -2.45. The lowest BCUT2D eigenvalue weighted by Crippen LogP contribution is -2.49. The molecule has 0 radical (unpaired) electrons. The van der Waals surface area contributed by atoms with Crippen molar-refractivity contribution in [2.75, 3.05) is 7.05 Å². The fourth-order valence-electron chi connectivity index (χ4n) is 6.59. The Kier molecular flexibility index (Phi) is 6.66. The third-order valence-corrected chi connectivity index (χ3v) is 11.1. The number of rotatable bonds is 7. The molecule has 2 fully saturated rings. The van der Waals surface area contributed by atoms with Crippen LogP contribution in [0.1, 0.15) is 65.3 Å². The highest BCUT2D eigenvalue weighted by molar-refractivity contribution is 7.89. The van der Waals surface area contributed by atoms with E-state index in [1.807, 2.05) is 12.1 Å². The summed E-state index contributed by atoms with van der Waals surface area (Å²) in [6.07, 6.45) is 9.37. The van der Waals surface area contributed by atoms with Crippen LogP contribution in [-0.2, 0) is 16.4 Å². The van der Waals surface area contributed by atoms with Gasteiger partial charge in [0.15, 0.2) is 5.78 Å². The second kappa shape index (κ2) is 10.3. The molecule has 2 saturated carbocycles. The fraction of sp³-hybridized carbons (Fsp3) is 0.303. The molecule has 0 saturated heterocycles. The molecule has 7 rings (SSSR count). The lowest BCUT2D eigenvalue weighted by molar-refractivity contribution is 0.0747. The smallest absolute Gasteiger partial charge is 0.243 e. The summed E-state index contributed by atoms with van der Waals surface area (Å²) in [5.41, 5.74) is 3.75. The number of carbonyl (C=O) groups excluding carboxylic acids is 1. The third-order valence-electron chi connectivity index (χ3n) is 9.21. The zero-order valence-corrected chi connectivity index (χ0v) is 24.4. The van der Waals surface area contributed by atoms with Gasteiger partial charge >= 0.3 is 0 Å². The molecule has 4 aromatic rings. The SMILES string of the molecule is CN([C@H]1CCC2=Cc3c(cnn3-c3ccc(F)cc3)C[C@]2(C(=O)c2ccc(C3CC3)cn2)C1)S(=O)(=O)c1ccc(F)cc1. The first kappa shape index (κ1) is 27.8. The van der Waals surface area contributed by atoms with E-state index in [4.69, 9.17) is 0 Å². The van der Waals surface area contributed by atoms with Gasteiger partial charge in [0.05, 0.1) is 27.9 Å². The molecule has 0 spiro atoms. The van der Waals surface area contributed by atoms with Crippen molar-refractivity contribution in [3.05, 3.63) is 113 Å². The molecule has 2 aromatic heterocycles. The highest BCUT2D eigenvalue weighted by atomic mass is 32.2. The maximum atomic E-state index is 14.5. The Balaban J connectivity index is 1.28. The van der Waals surface area contributed by atoms with E-state index in [1.54, 1.807) is 35.3 Å². The van der Waals surface area contributed by atoms with Gasteiger partial charge in [0.2, 0.25) is 10.0 Å². The lowest BCUT2D eigenvalue weighted by atomic mass is 9.60. The molecule has 0 unspecified atom stereocenters. The van der Waals surface area contributed by atoms with Crippen molar-refractivity contribution in [1.82, 2.24) is 19.1 Å². The Bertz CT molecular complexity index is 1850. The maximum Gasteiger partial charge on any atom is 0.243 e. The molecule has 2 atom stereocenters. The van der Waals surface area contributed by atoms with Crippen molar-refractivity contribution in [1.29, 1.82) is 0 Å². The van der Waals surface area contributed by atoms with Gasteiger partial charge < -0.3 is 0 Å². The molecule has 3 aliphatic rings.